The van der Waals surface area contributed by atoms with Gasteiger partial charge in [-0.2, -0.15) is 13.2 Å². The molecule has 0 saturated heterocycles. The number of thiocarbonyl (C=S) groups is 1. The zero-order valence-corrected chi connectivity index (χ0v) is 19.3. The molecule has 0 saturated carbocycles. The van der Waals surface area contributed by atoms with Gasteiger partial charge in [0.25, 0.3) is 5.91 Å². The molecule has 0 aliphatic carbocycles. The lowest BCUT2D eigenvalue weighted by atomic mass is 10.1. The van der Waals surface area contributed by atoms with Crippen molar-refractivity contribution in [2.24, 2.45) is 0 Å². The van der Waals surface area contributed by atoms with E-state index in [2.05, 4.69) is 29.4 Å². The fourth-order valence-corrected chi connectivity index (χ4v) is 3.46. The molecule has 1 amide bonds. The van der Waals surface area contributed by atoms with E-state index in [1.807, 2.05) is 0 Å². The Morgan fingerprint density at radius 2 is 1.62 bits per heavy atom. The van der Waals surface area contributed by atoms with Gasteiger partial charge in [-0.05, 0) is 55.4 Å². The number of anilines is 2. The molecule has 8 heteroatoms. The third kappa shape index (κ3) is 7.82. The molecule has 174 valence electrons. The number of alkyl halides is 3. The van der Waals surface area contributed by atoms with Crippen molar-refractivity contribution in [3.63, 3.8) is 0 Å². The van der Waals surface area contributed by atoms with E-state index in [-0.39, 0.29) is 10.8 Å². The minimum absolute atomic E-state index is 0.0524. The normalized spacial score (nSPS) is 11.2. The first kappa shape index (κ1) is 25.6. The van der Waals surface area contributed by atoms with E-state index in [1.54, 1.807) is 30.3 Å². The van der Waals surface area contributed by atoms with Gasteiger partial charge in [0.15, 0.2) is 5.11 Å². The third-order valence-electron chi connectivity index (χ3n) is 4.99. The topological polar surface area (TPSA) is 44.4 Å². The van der Waals surface area contributed by atoms with Crippen LogP contribution in [0.1, 0.15) is 61.9 Å². The van der Waals surface area contributed by atoms with Crippen LogP contribution in [-0.4, -0.2) is 24.1 Å². The molecule has 0 aliphatic rings. The van der Waals surface area contributed by atoms with E-state index < -0.39 is 17.6 Å². The molecule has 2 aromatic rings. The predicted molar refractivity (Wildman–Crippen MR) is 128 cm³/mol. The van der Waals surface area contributed by atoms with Crippen LogP contribution in [0.2, 0.25) is 0 Å². The number of hydrogen-bond donors (Lipinski definition) is 2. The quantitative estimate of drug-likeness (QED) is 0.305. The van der Waals surface area contributed by atoms with Gasteiger partial charge >= 0.3 is 6.18 Å². The Bertz CT molecular complexity index is 888. The fourth-order valence-electron chi connectivity index (χ4n) is 3.26. The summed E-state index contributed by atoms with van der Waals surface area (Å²) in [5.41, 5.74) is 0.500. The largest absolute Gasteiger partial charge is 0.416 e. The summed E-state index contributed by atoms with van der Waals surface area (Å²) in [5.74, 6) is -0.428. The highest BCUT2D eigenvalue weighted by Gasteiger charge is 2.31. The second kappa shape index (κ2) is 12.4. The van der Waals surface area contributed by atoms with Crippen molar-refractivity contribution in [2.75, 3.05) is 23.3 Å². The van der Waals surface area contributed by atoms with Gasteiger partial charge in [0.05, 0.1) is 16.9 Å². The molecule has 0 fully saturated rings. The monoisotopic (exact) mass is 465 g/mol. The smallest absolute Gasteiger partial charge is 0.370 e. The molecule has 0 spiro atoms. The van der Waals surface area contributed by atoms with E-state index in [4.69, 9.17) is 12.2 Å². The average molecular weight is 466 g/mol. The number of carbonyl (C=O) groups excluding carboxylic acids is 1. The number of carbonyl (C=O) groups is 1. The molecule has 0 atom stereocenters. The molecule has 2 aromatic carbocycles. The van der Waals surface area contributed by atoms with Crippen LogP contribution in [0.15, 0.2) is 48.5 Å². The first-order valence-electron chi connectivity index (χ1n) is 10.9. The minimum atomic E-state index is -4.49. The van der Waals surface area contributed by atoms with Crippen LogP contribution in [0.3, 0.4) is 0 Å². The van der Waals surface area contributed by atoms with E-state index in [9.17, 15) is 18.0 Å². The van der Waals surface area contributed by atoms with Crippen LogP contribution >= 0.6 is 12.2 Å². The maximum Gasteiger partial charge on any atom is 0.416 e. The molecule has 0 heterocycles. The lowest BCUT2D eigenvalue weighted by Crippen LogP contribution is -2.35. The van der Waals surface area contributed by atoms with E-state index in [1.165, 1.54) is 6.07 Å². The Balaban J connectivity index is 2.29. The highest BCUT2D eigenvalue weighted by Crippen LogP contribution is 2.36. The first-order chi connectivity index (χ1) is 15.3. The summed E-state index contributed by atoms with van der Waals surface area (Å²) in [6.07, 6.45) is 0.435. The minimum Gasteiger partial charge on any atom is -0.370 e. The zero-order valence-electron chi connectivity index (χ0n) is 18.5. The fraction of sp³-hybridized carbons (Fsp3) is 0.417. The lowest BCUT2D eigenvalue weighted by molar-refractivity contribution is -0.137. The van der Waals surface area contributed by atoms with Gasteiger partial charge in [0.2, 0.25) is 0 Å². The van der Waals surface area contributed by atoms with Crippen LogP contribution in [0.4, 0.5) is 24.5 Å². The molecule has 0 radical (unpaired) electrons. The van der Waals surface area contributed by atoms with Gasteiger partial charge in [0, 0.05) is 18.7 Å². The number of nitrogens with one attached hydrogen (secondary N) is 2. The predicted octanol–water partition coefficient (Wildman–Crippen LogP) is 6.63. The Labute approximate surface area is 193 Å². The number of benzene rings is 2. The molecule has 0 unspecified atom stereocenters. The van der Waals surface area contributed by atoms with Crippen molar-refractivity contribution >= 4 is 34.6 Å². The Hall–Kier alpha value is -2.61. The SMILES string of the molecule is CCCCCN(CCCC)c1ccc(C(F)(F)F)cc1NC(=S)NC(=O)c1ccccc1. The van der Waals surface area contributed by atoms with Crippen molar-refractivity contribution in [2.45, 2.75) is 52.1 Å². The number of rotatable bonds is 10. The van der Waals surface area contributed by atoms with Crippen molar-refractivity contribution in [1.82, 2.24) is 5.32 Å². The number of hydrogen-bond acceptors (Lipinski definition) is 3. The average Bonchev–Trinajstić information content (AvgIpc) is 2.76. The second-order valence-corrected chi connectivity index (χ2v) is 7.96. The summed E-state index contributed by atoms with van der Waals surface area (Å²) in [6, 6.07) is 12.1. The van der Waals surface area contributed by atoms with Gasteiger partial charge in [0.1, 0.15) is 0 Å². The summed E-state index contributed by atoms with van der Waals surface area (Å²) in [5, 5.41) is 5.32. The highest BCUT2D eigenvalue weighted by atomic mass is 32.1. The highest BCUT2D eigenvalue weighted by molar-refractivity contribution is 7.80. The second-order valence-electron chi connectivity index (χ2n) is 7.55. The van der Waals surface area contributed by atoms with Crippen molar-refractivity contribution in [3.8, 4) is 0 Å². The molecular formula is C24H30F3N3OS. The number of nitrogens with zero attached hydrogens (tertiary/aromatic N) is 1. The number of amides is 1. The molecule has 0 aromatic heterocycles. The van der Waals surface area contributed by atoms with Crippen LogP contribution in [0.25, 0.3) is 0 Å². The van der Waals surface area contributed by atoms with Gasteiger partial charge in [-0.1, -0.05) is 51.3 Å². The molecular weight excluding hydrogens is 435 g/mol. The van der Waals surface area contributed by atoms with Crippen LogP contribution < -0.4 is 15.5 Å². The Morgan fingerprint density at radius 3 is 2.25 bits per heavy atom. The summed E-state index contributed by atoms with van der Waals surface area (Å²) < 4.78 is 40.1. The van der Waals surface area contributed by atoms with Crippen LogP contribution in [-0.2, 0) is 6.18 Å². The number of halogens is 3. The van der Waals surface area contributed by atoms with Gasteiger partial charge in [-0.25, -0.2) is 0 Å². The van der Waals surface area contributed by atoms with Crippen molar-refractivity contribution in [3.05, 3.63) is 59.7 Å². The van der Waals surface area contributed by atoms with Crippen LogP contribution in [0, 0.1) is 0 Å². The van der Waals surface area contributed by atoms with E-state index >= 15 is 0 Å². The van der Waals surface area contributed by atoms with E-state index in [0.717, 1.165) is 57.3 Å². The maximum absolute atomic E-state index is 13.4. The van der Waals surface area contributed by atoms with Gasteiger partial charge in [-0.15, -0.1) is 0 Å². The molecule has 2 N–H and O–H groups in total. The summed E-state index contributed by atoms with van der Waals surface area (Å²) in [4.78, 5) is 14.5. The summed E-state index contributed by atoms with van der Waals surface area (Å²) in [6.45, 7) is 5.64. The Kier molecular flexibility index (Phi) is 9.97. The molecule has 4 nitrogen and oxygen atoms in total. The van der Waals surface area contributed by atoms with Gasteiger partial charge < -0.3 is 10.2 Å². The third-order valence-corrected chi connectivity index (χ3v) is 5.19. The Morgan fingerprint density at radius 1 is 0.969 bits per heavy atom. The molecule has 0 aliphatic heterocycles. The molecule has 2 rings (SSSR count). The summed E-state index contributed by atoms with van der Waals surface area (Å²) >= 11 is 5.25. The van der Waals surface area contributed by atoms with E-state index in [0.29, 0.717) is 11.3 Å². The van der Waals surface area contributed by atoms with Crippen LogP contribution in [0.5, 0.6) is 0 Å². The zero-order chi connectivity index (χ0) is 23.6. The van der Waals surface area contributed by atoms with Gasteiger partial charge in [-0.3, -0.25) is 10.1 Å². The first-order valence-corrected chi connectivity index (χ1v) is 11.3. The lowest BCUT2D eigenvalue weighted by Gasteiger charge is -2.28. The standard InChI is InChI=1S/C24H30F3N3OS/c1-3-5-10-16-30(15-6-4-2)21-14-13-19(24(25,26)27)17-20(21)28-23(32)29-22(31)18-11-8-7-9-12-18/h7-9,11-14,17H,3-6,10,15-16H2,1-2H3,(H2,28,29,31,32). The number of unbranched alkanes of at least 4 members (excludes halogenated alkanes) is 3. The molecule has 32 heavy (non-hydrogen) atoms. The summed E-state index contributed by atoms with van der Waals surface area (Å²) in [7, 11) is 0. The molecule has 0 bridgehead atoms. The van der Waals surface area contributed by atoms with Crippen molar-refractivity contribution < 1.29 is 18.0 Å². The van der Waals surface area contributed by atoms with Crippen molar-refractivity contribution in [1.29, 1.82) is 0 Å². The maximum atomic E-state index is 13.4.